The van der Waals surface area contributed by atoms with Crippen molar-refractivity contribution in [2.24, 2.45) is 11.8 Å². The zero-order valence-corrected chi connectivity index (χ0v) is 11.1. The lowest BCUT2D eigenvalue weighted by Gasteiger charge is -2.18. The number of fused-ring (bicyclic) bond motifs is 1. The monoisotopic (exact) mass is 252 g/mol. The van der Waals surface area contributed by atoms with E-state index in [0.717, 1.165) is 17.7 Å². The van der Waals surface area contributed by atoms with Gasteiger partial charge in [-0.3, -0.25) is 0 Å². The molecule has 0 fully saturated rings. The predicted octanol–water partition coefficient (Wildman–Crippen LogP) is 2.23. The van der Waals surface area contributed by atoms with Crippen molar-refractivity contribution in [2.75, 3.05) is 20.5 Å². The van der Waals surface area contributed by atoms with Crippen LogP contribution in [0.5, 0.6) is 17.2 Å². The Balaban J connectivity index is 2.19. The van der Waals surface area contributed by atoms with Crippen LogP contribution in [0, 0.1) is 11.8 Å². The fraction of sp³-hybridized carbons (Fsp3) is 0.571. The summed E-state index contributed by atoms with van der Waals surface area (Å²) in [6.45, 7) is 4.65. The number of methoxy groups -OCH3 is 1. The van der Waals surface area contributed by atoms with Crippen LogP contribution in [0.3, 0.4) is 0 Å². The standard InChI is InChI=1S/C14H20O4/c1-9(10(2)7-15)4-11-5-12(16-3)14-13(6-11)17-8-18-14/h5-6,9-10,15H,4,7-8H2,1-3H3/t9-,10+/m0/s1. The van der Waals surface area contributed by atoms with Gasteiger partial charge in [0.1, 0.15) is 0 Å². The first-order valence-electron chi connectivity index (χ1n) is 6.23. The Kier molecular flexibility index (Phi) is 3.97. The molecule has 0 bridgehead atoms. The molecular weight excluding hydrogens is 232 g/mol. The Morgan fingerprint density at radius 3 is 2.72 bits per heavy atom. The molecule has 2 atom stereocenters. The van der Waals surface area contributed by atoms with E-state index in [1.165, 1.54) is 0 Å². The molecule has 100 valence electrons. The molecule has 0 saturated heterocycles. The van der Waals surface area contributed by atoms with Gasteiger partial charge in [0, 0.05) is 6.61 Å². The average Bonchev–Trinajstić information content (AvgIpc) is 2.84. The number of benzene rings is 1. The highest BCUT2D eigenvalue weighted by atomic mass is 16.7. The second-order valence-corrected chi connectivity index (χ2v) is 4.87. The van der Waals surface area contributed by atoms with E-state index in [9.17, 15) is 0 Å². The van der Waals surface area contributed by atoms with Crippen LogP contribution in [0.4, 0.5) is 0 Å². The maximum atomic E-state index is 9.17. The van der Waals surface area contributed by atoms with Crippen molar-refractivity contribution in [3.8, 4) is 17.2 Å². The van der Waals surface area contributed by atoms with E-state index < -0.39 is 0 Å². The van der Waals surface area contributed by atoms with Crippen molar-refractivity contribution in [3.63, 3.8) is 0 Å². The highest BCUT2D eigenvalue weighted by molar-refractivity contribution is 5.55. The molecule has 2 rings (SSSR count). The lowest BCUT2D eigenvalue weighted by molar-refractivity contribution is 0.171. The minimum atomic E-state index is 0.211. The third-order valence-corrected chi connectivity index (χ3v) is 3.54. The Labute approximate surface area is 107 Å². The number of ether oxygens (including phenoxy) is 3. The van der Waals surface area contributed by atoms with Crippen molar-refractivity contribution >= 4 is 0 Å². The van der Waals surface area contributed by atoms with Crippen LogP contribution in [0.2, 0.25) is 0 Å². The van der Waals surface area contributed by atoms with Gasteiger partial charge in [0.15, 0.2) is 11.5 Å². The van der Waals surface area contributed by atoms with Gasteiger partial charge >= 0.3 is 0 Å². The lowest BCUT2D eigenvalue weighted by atomic mass is 9.90. The minimum Gasteiger partial charge on any atom is -0.493 e. The number of aliphatic hydroxyl groups is 1. The first kappa shape index (κ1) is 13.0. The van der Waals surface area contributed by atoms with E-state index in [-0.39, 0.29) is 19.3 Å². The summed E-state index contributed by atoms with van der Waals surface area (Å²) in [6, 6.07) is 3.97. The van der Waals surface area contributed by atoms with Crippen LogP contribution in [-0.2, 0) is 6.42 Å². The highest BCUT2D eigenvalue weighted by Crippen LogP contribution is 2.42. The molecule has 0 unspecified atom stereocenters. The third kappa shape index (κ3) is 2.53. The van der Waals surface area contributed by atoms with Gasteiger partial charge in [-0.05, 0) is 36.0 Å². The van der Waals surface area contributed by atoms with Gasteiger partial charge in [-0.1, -0.05) is 13.8 Å². The summed E-state index contributed by atoms with van der Waals surface area (Å²) in [5, 5.41) is 9.17. The molecule has 0 amide bonds. The molecule has 0 spiro atoms. The average molecular weight is 252 g/mol. The van der Waals surface area contributed by atoms with Gasteiger partial charge in [-0.25, -0.2) is 0 Å². The number of aliphatic hydroxyl groups excluding tert-OH is 1. The topological polar surface area (TPSA) is 47.9 Å². The summed E-state index contributed by atoms with van der Waals surface area (Å²) in [6.07, 6.45) is 0.884. The van der Waals surface area contributed by atoms with Crippen LogP contribution in [-0.4, -0.2) is 25.6 Å². The molecule has 1 aliphatic rings. The smallest absolute Gasteiger partial charge is 0.231 e. The molecule has 0 saturated carbocycles. The number of hydrogen-bond acceptors (Lipinski definition) is 4. The summed E-state index contributed by atoms with van der Waals surface area (Å²) in [5.41, 5.74) is 1.14. The Morgan fingerprint density at radius 1 is 1.28 bits per heavy atom. The van der Waals surface area contributed by atoms with Gasteiger partial charge in [0.05, 0.1) is 7.11 Å². The van der Waals surface area contributed by atoms with Gasteiger partial charge in [-0.2, -0.15) is 0 Å². The number of hydrogen-bond donors (Lipinski definition) is 1. The molecule has 1 aromatic carbocycles. The van der Waals surface area contributed by atoms with Gasteiger partial charge < -0.3 is 19.3 Å². The van der Waals surface area contributed by atoms with Crippen LogP contribution >= 0.6 is 0 Å². The molecule has 18 heavy (non-hydrogen) atoms. The molecule has 1 aromatic rings. The summed E-state index contributed by atoms with van der Waals surface area (Å²) >= 11 is 0. The van der Waals surface area contributed by atoms with Crippen LogP contribution in [0.1, 0.15) is 19.4 Å². The summed E-state index contributed by atoms with van der Waals surface area (Å²) in [5.74, 6) is 2.82. The van der Waals surface area contributed by atoms with Gasteiger partial charge in [0.2, 0.25) is 12.5 Å². The fourth-order valence-electron chi connectivity index (χ4n) is 2.05. The Bertz CT molecular complexity index is 417. The van der Waals surface area contributed by atoms with Gasteiger partial charge in [-0.15, -0.1) is 0 Å². The van der Waals surface area contributed by atoms with Crippen LogP contribution in [0.25, 0.3) is 0 Å². The largest absolute Gasteiger partial charge is 0.493 e. The Morgan fingerprint density at radius 2 is 2.06 bits per heavy atom. The fourth-order valence-corrected chi connectivity index (χ4v) is 2.05. The highest BCUT2D eigenvalue weighted by Gasteiger charge is 2.21. The quantitative estimate of drug-likeness (QED) is 0.873. The van der Waals surface area contributed by atoms with Crippen molar-refractivity contribution in [1.29, 1.82) is 0 Å². The molecule has 4 nitrogen and oxygen atoms in total. The van der Waals surface area contributed by atoms with E-state index in [0.29, 0.717) is 17.4 Å². The van der Waals surface area contributed by atoms with Crippen molar-refractivity contribution < 1.29 is 19.3 Å². The Hall–Kier alpha value is -1.42. The van der Waals surface area contributed by atoms with E-state index in [1.807, 2.05) is 12.1 Å². The molecule has 4 heteroatoms. The van der Waals surface area contributed by atoms with Crippen LogP contribution < -0.4 is 14.2 Å². The maximum absolute atomic E-state index is 9.17. The maximum Gasteiger partial charge on any atom is 0.231 e. The van der Waals surface area contributed by atoms with E-state index in [4.69, 9.17) is 19.3 Å². The lowest BCUT2D eigenvalue weighted by Crippen LogP contribution is -2.14. The summed E-state index contributed by atoms with van der Waals surface area (Å²) in [7, 11) is 1.63. The molecular formula is C14H20O4. The van der Waals surface area contributed by atoms with Crippen LogP contribution in [0.15, 0.2) is 12.1 Å². The molecule has 1 N–H and O–H groups in total. The normalized spacial score (nSPS) is 16.4. The van der Waals surface area contributed by atoms with E-state index in [2.05, 4.69) is 13.8 Å². The second kappa shape index (κ2) is 5.48. The SMILES string of the molecule is COc1cc(C[C@H](C)[C@H](C)CO)cc2c1OCO2. The zero-order valence-electron chi connectivity index (χ0n) is 11.1. The van der Waals surface area contributed by atoms with Crippen molar-refractivity contribution in [1.82, 2.24) is 0 Å². The molecule has 1 aliphatic heterocycles. The molecule has 0 radical (unpaired) electrons. The third-order valence-electron chi connectivity index (χ3n) is 3.54. The number of rotatable bonds is 5. The van der Waals surface area contributed by atoms with E-state index >= 15 is 0 Å². The molecule has 0 aliphatic carbocycles. The predicted molar refractivity (Wildman–Crippen MR) is 68.2 cm³/mol. The van der Waals surface area contributed by atoms with Crippen molar-refractivity contribution in [3.05, 3.63) is 17.7 Å². The van der Waals surface area contributed by atoms with E-state index in [1.54, 1.807) is 7.11 Å². The summed E-state index contributed by atoms with van der Waals surface area (Å²) in [4.78, 5) is 0. The molecule has 1 heterocycles. The molecule has 0 aromatic heterocycles. The van der Waals surface area contributed by atoms with Gasteiger partial charge in [0.25, 0.3) is 0 Å². The summed E-state index contributed by atoms with van der Waals surface area (Å²) < 4.78 is 16.1. The minimum absolute atomic E-state index is 0.211. The second-order valence-electron chi connectivity index (χ2n) is 4.87. The van der Waals surface area contributed by atoms with Crippen molar-refractivity contribution in [2.45, 2.75) is 20.3 Å². The first-order chi connectivity index (χ1) is 8.65. The zero-order chi connectivity index (χ0) is 13.1. The first-order valence-corrected chi connectivity index (χ1v) is 6.23.